The van der Waals surface area contributed by atoms with Gasteiger partial charge in [-0.2, -0.15) is 0 Å². The van der Waals surface area contributed by atoms with Crippen LogP contribution in [0.3, 0.4) is 0 Å². The maximum atomic E-state index is 13.1. The van der Waals surface area contributed by atoms with E-state index in [1.165, 1.54) is 9.75 Å². The first-order valence-corrected chi connectivity index (χ1v) is 10.6. The Morgan fingerprint density at radius 2 is 2.04 bits per heavy atom. The quantitative estimate of drug-likeness (QED) is 0.692. The Labute approximate surface area is 160 Å². The predicted molar refractivity (Wildman–Crippen MR) is 104 cm³/mol. The van der Waals surface area contributed by atoms with E-state index in [1.807, 2.05) is 17.6 Å². The standard InChI is InChI=1S/C19H20N4OS2/c1-13-18(26-12-20-13)11-21-9-16-17(10-21)23(8-14-4-3-7-25-14)19(24)15-5-2-6-22(15)16/h2-7,12,16-17H,8-11H2,1H3/t16-,17-/m0/s1. The second-order valence-corrected chi connectivity index (χ2v) is 8.97. The Morgan fingerprint density at radius 3 is 2.81 bits per heavy atom. The number of aromatic nitrogens is 2. The summed E-state index contributed by atoms with van der Waals surface area (Å²) in [6.45, 7) is 5.58. The van der Waals surface area contributed by atoms with Gasteiger partial charge in [-0.1, -0.05) is 6.07 Å². The van der Waals surface area contributed by atoms with Gasteiger partial charge in [-0.25, -0.2) is 4.98 Å². The molecular weight excluding hydrogens is 364 g/mol. The second kappa shape index (κ2) is 6.33. The topological polar surface area (TPSA) is 41.4 Å². The van der Waals surface area contributed by atoms with Gasteiger partial charge in [0, 0.05) is 35.6 Å². The van der Waals surface area contributed by atoms with E-state index < -0.39 is 0 Å². The van der Waals surface area contributed by atoms with Crippen molar-refractivity contribution in [2.24, 2.45) is 0 Å². The molecule has 2 aliphatic rings. The molecule has 0 saturated carbocycles. The minimum Gasteiger partial charge on any atom is -0.337 e. The maximum Gasteiger partial charge on any atom is 0.271 e. The summed E-state index contributed by atoms with van der Waals surface area (Å²) in [6, 6.07) is 8.67. The molecule has 0 bridgehead atoms. The highest BCUT2D eigenvalue weighted by atomic mass is 32.1. The van der Waals surface area contributed by atoms with Crippen molar-refractivity contribution in [1.29, 1.82) is 0 Å². The number of aryl methyl sites for hydroxylation is 1. The molecule has 0 N–H and O–H groups in total. The Morgan fingerprint density at radius 1 is 1.15 bits per heavy atom. The molecule has 1 fully saturated rings. The Hall–Kier alpha value is -1.96. The number of rotatable bonds is 4. The third-order valence-corrected chi connectivity index (χ3v) is 7.25. The molecule has 5 nitrogen and oxygen atoms in total. The van der Waals surface area contributed by atoms with Gasteiger partial charge >= 0.3 is 0 Å². The van der Waals surface area contributed by atoms with Crippen LogP contribution < -0.4 is 0 Å². The van der Waals surface area contributed by atoms with Crippen LogP contribution in [-0.4, -0.2) is 44.4 Å². The Bertz CT molecular complexity index is 929. The Balaban J connectivity index is 1.45. The minimum atomic E-state index is 0.153. The van der Waals surface area contributed by atoms with Gasteiger partial charge in [0.1, 0.15) is 5.69 Å². The Kier molecular flexibility index (Phi) is 3.95. The monoisotopic (exact) mass is 384 g/mol. The molecule has 1 amide bonds. The summed E-state index contributed by atoms with van der Waals surface area (Å²) in [5.41, 5.74) is 3.86. The highest BCUT2D eigenvalue weighted by molar-refractivity contribution is 7.10. The lowest BCUT2D eigenvalue weighted by molar-refractivity contribution is 0.0559. The van der Waals surface area contributed by atoms with Gasteiger partial charge in [0.25, 0.3) is 5.91 Å². The highest BCUT2D eigenvalue weighted by Gasteiger charge is 2.45. The third kappa shape index (κ3) is 2.62. The van der Waals surface area contributed by atoms with E-state index in [0.717, 1.165) is 31.0 Å². The van der Waals surface area contributed by atoms with Crippen LogP contribution in [0.15, 0.2) is 41.4 Å². The summed E-state index contributed by atoms with van der Waals surface area (Å²) in [6.07, 6.45) is 2.06. The van der Waals surface area contributed by atoms with Crippen LogP contribution in [0.2, 0.25) is 0 Å². The first-order chi connectivity index (χ1) is 12.7. The van der Waals surface area contributed by atoms with Crippen molar-refractivity contribution >= 4 is 28.6 Å². The number of carbonyl (C=O) groups excluding carboxylic acids is 1. The molecule has 0 radical (unpaired) electrons. The van der Waals surface area contributed by atoms with Gasteiger partial charge in [0.2, 0.25) is 0 Å². The van der Waals surface area contributed by atoms with Gasteiger partial charge < -0.3 is 9.47 Å². The number of likely N-dealkylation sites (tertiary alicyclic amines) is 1. The summed E-state index contributed by atoms with van der Waals surface area (Å²) in [7, 11) is 0. The van der Waals surface area contributed by atoms with Crippen LogP contribution in [0, 0.1) is 6.92 Å². The van der Waals surface area contributed by atoms with Crippen LogP contribution in [0.1, 0.15) is 32.0 Å². The summed E-state index contributed by atoms with van der Waals surface area (Å²) >= 11 is 3.45. The number of hydrogen-bond acceptors (Lipinski definition) is 5. The molecule has 2 aliphatic heterocycles. The zero-order chi connectivity index (χ0) is 17.7. The van der Waals surface area contributed by atoms with Gasteiger partial charge in [-0.3, -0.25) is 9.69 Å². The summed E-state index contributed by atoms with van der Waals surface area (Å²) in [4.78, 5) is 24.6. The van der Waals surface area contributed by atoms with Crippen LogP contribution >= 0.6 is 22.7 Å². The molecule has 0 unspecified atom stereocenters. The molecule has 0 spiro atoms. The lowest BCUT2D eigenvalue weighted by atomic mass is 10.1. The maximum absolute atomic E-state index is 13.1. The van der Waals surface area contributed by atoms with Gasteiger partial charge in [0.15, 0.2) is 0 Å². The number of fused-ring (bicyclic) bond motifs is 3. The molecule has 5 rings (SSSR count). The largest absolute Gasteiger partial charge is 0.337 e. The van der Waals surface area contributed by atoms with Crippen molar-refractivity contribution in [3.05, 3.63) is 62.5 Å². The van der Waals surface area contributed by atoms with Gasteiger partial charge in [0.05, 0.1) is 29.8 Å². The van der Waals surface area contributed by atoms with Crippen molar-refractivity contribution in [2.45, 2.75) is 32.1 Å². The van der Waals surface area contributed by atoms with E-state index in [1.54, 1.807) is 22.7 Å². The normalized spacial score (nSPS) is 22.7. The summed E-state index contributed by atoms with van der Waals surface area (Å²) in [5, 5.41) is 2.08. The van der Waals surface area contributed by atoms with Crippen LogP contribution in [0.5, 0.6) is 0 Å². The molecule has 134 valence electrons. The van der Waals surface area contributed by atoms with Crippen molar-refractivity contribution in [3.63, 3.8) is 0 Å². The molecular formula is C19H20N4OS2. The van der Waals surface area contributed by atoms with E-state index >= 15 is 0 Å². The predicted octanol–water partition coefficient (Wildman–Crippen LogP) is 3.40. The summed E-state index contributed by atoms with van der Waals surface area (Å²) < 4.78 is 2.19. The fraction of sp³-hybridized carbons (Fsp3) is 0.368. The highest BCUT2D eigenvalue weighted by Crippen LogP contribution is 2.36. The van der Waals surface area contributed by atoms with Crippen LogP contribution in [0.4, 0.5) is 0 Å². The lowest BCUT2D eigenvalue weighted by Gasteiger charge is -2.38. The average Bonchev–Trinajstić information content (AvgIpc) is 3.40. The molecule has 0 aromatic carbocycles. The van der Waals surface area contributed by atoms with Crippen LogP contribution in [-0.2, 0) is 13.1 Å². The molecule has 26 heavy (non-hydrogen) atoms. The van der Waals surface area contributed by atoms with E-state index in [-0.39, 0.29) is 11.9 Å². The zero-order valence-corrected chi connectivity index (χ0v) is 16.2. The second-order valence-electron chi connectivity index (χ2n) is 7.00. The zero-order valence-electron chi connectivity index (χ0n) is 14.5. The van der Waals surface area contributed by atoms with Crippen molar-refractivity contribution in [3.8, 4) is 0 Å². The molecule has 7 heteroatoms. The fourth-order valence-electron chi connectivity index (χ4n) is 4.16. The smallest absolute Gasteiger partial charge is 0.271 e. The number of nitrogens with zero attached hydrogens (tertiary/aromatic N) is 4. The number of hydrogen-bond donors (Lipinski definition) is 0. The summed E-state index contributed by atoms with van der Waals surface area (Å²) in [5.74, 6) is 0.153. The molecule has 3 aromatic heterocycles. The molecule has 3 aromatic rings. The average molecular weight is 385 g/mol. The molecule has 0 aliphatic carbocycles. The SMILES string of the molecule is Cc1ncsc1CN1C[C@H]2[C@H](C1)n1cccc1C(=O)N2Cc1cccs1. The number of thiazole rings is 1. The first kappa shape index (κ1) is 16.2. The van der Waals surface area contributed by atoms with Crippen molar-refractivity contribution in [2.75, 3.05) is 13.1 Å². The van der Waals surface area contributed by atoms with Crippen molar-refractivity contribution in [1.82, 2.24) is 19.4 Å². The first-order valence-electron chi connectivity index (χ1n) is 8.82. The minimum absolute atomic E-state index is 0.153. The van der Waals surface area contributed by atoms with E-state index in [9.17, 15) is 4.79 Å². The number of amides is 1. The van der Waals surface area contributed by atoms with E-state index in [4.69, 9.17) is 0 Å². The fourth-order valence-corrected chi connectivity index (χ4v) is 5.68. The third-order valence-electron chi connectivity index (χ3n) is 5.47. The lowest BCUT2D eigenvalue weighted by Crippen LogP contribution is -2.49. The van der Waals surface area contributed by atoms with Crippen molar-refractivity contribution < 1.29 is 4.79 Å². The van der Waals surface area contributed by atoms with Gasteiger partial charge in [-0.05, 0) is 30.5 Å². The molecule has 5 heterocycles. The molecule has 1 saturated heterocycles. The molecule has 2 atom stereocenters. The number of thiophene rings is 1. The van der Waals surface area contributed by atoms with E-state index in [0.29, 0.717) is 12.6 Å². The van der Waals surface area contributed by atoms with Gasteiger partial charge in [-0.15, -0.1) is 22.7 Å². The van der Waals surface area contributed by atoms with E-state index in [2.05, 4.69) is 50.0 Å². The number of carbonyl (C=O) groups is 1. The van der Waals surface area contributed by atoms with Crippen LogP contribution in [0.25, 0.3) is 0 Å².